The molecule has 1 N–H and O–H groups in total. The molecule has 0 saturated heterocycles. The van der Waals surface area contributed by atoms with Crippen LogP contribution in [0.3, 0.4) is 0 Å². The van der Waals surface area contributed by atoms with E-state index < -0.39 is 0 Å². The molecule has 1 aliphatic rings. The average molecular weight is 377 g/mol. The van der Waals surface area contributed by atoms with Gasteiger partial charge in [-0.3, -0.25) is 14.6 Å². The van der Waals surface area contributed by atoms with Gasteiger partial charge in [-0.15, -0.1) is 0 Å². The van der Waals surface area contributed by atoms with Crippen LogP contribution in [0.1, 0.15) is 39.9 Å². The van der Waals surface area contributed by atoms with Crippen LogP contribution < -0.4 is 5.32 Å². The van der Waals surface area contributed by atoms with E-state index >= 15 is 0 Å². The van der Waals surface area contributed by atoms with Crippen molar-refractivity contribution in [3.63, 3.8) is 0 Å². The van der Waals surface area contributed by atoms with Gasteiger partial charge in [-0.25, -0.2) is 0 Å². The maximum atomic E-state index is 12.6. The van der Waals surface area contributed by atoms with Crippen molar-refractivity contribution in [3.8, 4) is 0 Å². The van der Waals surface area contributed by atoms with Gasteiger partial charge in [-0.05, 0) is 31.5 Å². The molecule has 0 radical (unpaired) electrons. The zero-order valence-corrected chi connectivity index (χ0v) is 16.1. The van der Waals surface area contributed by atoms with E-state index in [0.717, 1.165) is 33.5 Å². The van der Waals surface area contributed by atoms with Gasteiger partial charge in [0.1, 0.15) is 6.54 Å². The molecule has 28 heavy (non-hydrogen) atoms. The average Bonchev–Trinajstić information content (AvgIpc) is 2.95. The molecule has 3 aromatic rings. The zero-order chi connectivity index (χ0) is 19.7. The zero-order valence-electron chi connectivity index (χ0n) is 16.1. The summed E-state index contributed by atoms with van der Waals surface area (Å²) in [7, 11) is 0. The van der Waals surface area contributed by atoms with Crippen LogP contribution in [0.15, 0.2) is 36.4 Å². The summed E-state index contributed by atoms with van der Waals surface area (Å²) in [5.74, 6) is -0.368. The van der Waals surface area contributed by atoms with Gasteiger partial charge in [-0.1, -0.05) is 24.3 Å². The lowest BCUT2D eigenvalue weighted by Gasteiger charge is -2.16. The fourth-order valence-electron chi connectivity index (χ4n) is 3.92. The van der Waals surface area contributed by atoms with E-state index in [1.54, 1.807) is 6.92 Å². The Kier molecular flexibility index (Phi) is 4.86. The van der Waals surface area contributed by atoms with Crippen LogP contribution in [0.5, 0.6) is 0 Å². The molecule has 4 rings (SSSR count). The van der Waals surface area contributed by atoms with Gasteiger partial charge in [0.15, 0.2) is 0 Å². The molecule has 0 saturated carbocycles. The van der Waals surface area contributed by atoms with Gasteiger partial charge in [-0.2, -0.15) is 0 Å². The number of ether oxygens (including phenoxy) is 1. The Morgan fingerprint density at radius 3 is 2.89 bits per heavy atom. The van der Waals surface area contributed by atoms with Crippen LogP contribution in [0.25, 0.3) is 10.9 Å². The number of nitrogens with zero attached hydrogens (tertiary/aromatic N) is 2. The lowest BCUT2D eigenvalue weighted by molar-refractivity contribution is -0.143. The molecular formula is C22H23N3O3. The molecule has 3 heterocycles. The summed E-state index contributed by atoms with van der Waals surface area (Å²) in [4.78, 5) is 29.5. The second-order valence-electron chi connectivity index (χ2n) is 6.95. The van der Waals surface area contributed by atoms with E-state index in [4.69, 9.17) is 9.72 Å². The molecule has 0 aliphatic carbocycles. The highest BCUT2D eigenvalue weighted by Crippen LogP contribution is 2.28. The van der Waals surface area contributed by atoms with Gasteiger partial charge >= 0.3 is 5.97 Å². The summed E-state index contributed by atoms with van der Waals surface area (Å²) in [5, 5.41) is 4.01. The first-order chi connectivity index (χ1) is 13.6. The minimum atomic E-state index is -0.287. The van der Waals surface area contributed by atoms with Crippen molar-refractivity contribution in [3.05, 3.63) is 64.6 Å². The first kappa shape index (κ1) is 18.2. The maximum Gasteiger partial charge on any atom is 0.325 e. The summed E-state index contributed by atoms with van der Waals surface area (Å²) in [6.45, 7) is 4.79. The predicted molar refractivity (Wildman–Crippen MR) is 106 cm³/mol. The maximum absolute atomic E-state index is 12.6. The first-order valence-electron chi connectivity index (χ1n) is 9.57. The third kappa shape index (κ3) is 3.26. The monoisotopic (exact) mass is 377 g/mol. The summed E-state index contributed by atoms with van der Waals surface area (Å²) in [6.07, 6.45) is 1.24. The Morgan fingerprint density at radius 2 is 2.07 bits per heavy atom. The second-order valence-corrected chi connectivity index (χ2v) is 6.95. The third-order valence-corrected chi connectivity index (χ3v) is 5.24. The third-order valence-electron chi connectivity index (χ3n) is 5.24. The predicted octanol–water partition coefficient (Wildman–Crippen LogP) is 2.78. The molecule has 0 fully saturated rings. The Labute approximate surface area is 163 Å². The lowest BCUT2D eigenvalue weighted by Crippen LogP contribution is -2.33. The number of amides is 1. The number of carbonyl (C=O) groups excluding carboxylic acids is 2. The highest BCUT2D eigenvalue weighted by Gasteiger charge is 2.29. The Balaban J connectivity index is 1.75. The van der Waals surface area contributed by atoms with Crippen molar-refractivity contribution >= 4 is 22.8 Å². The number of rotatable bonds is 5. The second kappa shape index (κ2) is 7.46. The molecule has 0 atom stereocenters. The summed E-state index contributed by atoms with van der Waals surface area (Å²) in [6, 6.07) is 12.0. The van der Waals surface area contributed by atoms with Crippen LogP contribution >= 0.6 is 0 Å². The first-order valence-corrected chi connectivity index (χ1v) is 9.57. The van der Waals surface area contributed by atoms with E-state index in [1.165, 1.54) is 0 Å². The summed E-state index contributed by atoms with van der Waals surface area (Å²) < 4.78 is 7.05. The fourth-order valence-corrected chi connectivity index (χ4v) is 3.92. The Hall–Kier alpha value is -3.15. The lowest BCUT2D eigenvalue weighted by atomic mass is 9.99. The van der Waals surface area contributed by atoms with Crippen molar-refractivity contribution in [2.45, 2.75) is 33.2 Å². The smallest absolute Gasteiger partial charge is 0.325 e. The number of aromatic nitrogens is 2. The SMILES string of the molecule is CCOC(=O)Cn1c(C)c(Cc2ccc3ccccc3n2)c2c1CCNC2=O. The van der Waals surface area contributed by atoms with Gasteiger partial charge in [0.2, 0.25) is 0 Å². The number of carbonyl (C=O) groups is 2. The van der Waals surface area contributed by atoms with Crippen molar-refractivity contribution in [1.29, 1.82) is 0 Å². The normalized spacial score (nSPS) is 13.3. The number of benzene rings is 1. The van der Waals surface area contributed by atoms with Crippen molar-refractivity contribution in [2.75, 3.05) is 13.2 Å². The summed E-state index contributed by atoms with van der Waals surface area (Å²) in [5.41, 5.74) is 5.27. The molecule has 144 valence electrons. The van der Waals surface area contributed by atoms with Crippen LogP contribution in [0, 0.1) is 6.92 Å². The van der Waals surface area contributed by atoms with Gasteiger partial charge < -0.3 is 14.6 Å². The highest BCUT2D eigenvalue weighted by molar-refractivity contribution is 5.98. The molecule has 1 amide bonds. The number of esters is 1. The van der Waals surface area contributed by atoms with Crippen LogP contribution in [0.4, 0.5) is 0 Å². The molecule has 6 nitrogen and oxygen atoms in total. The van der Waals surface area contributed by atoms with Crippen LogP contribution in [0.2, 0.25) is 0 Å². The molecule has 0 bridgehead atoms. The number of hydrogen-bond donors (Lipinski definition) is 1. The topological polar surface area (TPSA) is 73.2 Å². The van der Waals surface area contributed by atoms with Gasteiger partial charge in [0, 0.05) is 41.9 Å². The molecular weight excluding hydrogens is 354 g/mol. The van der Waals surface area contributed by atoms with E-state index in [9.17, 15) is 9.59 Å². The van der Waals surface area contributed by atoms with E-state index in [-0.39, 0.29) is 18.4 Å². The minimum absolute atomic E-state index is 0.0808. The number of hydrogen-bond acceptors (Lipinski definition) is 4. The van der Waals surface area contributed by atoms with E-state index in [2.05, 4.69) is 11.4 Å². The molecule has 0 spiro atoms. The largest absolute Gasteiger partial charge is 0.465 e. The van der Waals surface area contributed by atoms with Crippen molar-refractivity contribution in [1.82, 2.24) is 14.9 Å². The quantitative estimate of drug-likeness (QED) is 0.694. The minimum Gasteiger partial charge on any atom is -0.465 e. The van der Waals surface area contributed by atoms with Crippen LogP contribution in [-0.2, 0) is 28.9 Å². The number of pyridine rings is 1. The Bertz CT molecular complexity index is 1070. The summed E-state index contributed by atoms with van der Waals surface area (Å²) >= 11 is 0. The fraction of sp³-hybridized carbons (Fsp3) is 0.318. The van der Waals surface area contributed by atoms with E-state index in [0.29, 0.717) is 31.6 Å². The highest BCUT2D eigenvalue weighted by atomic mass is 16.5. The molecule has 2 aromatic heterocycles. The van der Waals surface area contributed by atoms with Gasteiger partial charge in [0.25, 0.3) is 5.91 Å². The van der Waals surface area contributed by atoms with Crippen molar-refractivity contribution < 1.29 is 14.3 Å². The van der Waals surface area contributed by atoms with E-state index in [1.807, 2.05) is 41.8 Å². The van der Waals surface area contributed by atoms with Crippen molar-refractivity contribution in [2.24, 2.45) is 0 Å². The number of fused-ring (bicyclic) bond motifs is 2. The number of nitrogens with one attached hydrogen (secondary N) is 1. The standard InChI is InChI=1S/C22H23N3O3/c1-3-28-20(26)13-25-14(2)17(21-19(25)10-11-23-22(21)27)12-16-9-8-15-6-4-5-7-18(15)24-16/h4-9H,3,10-13H2,1-2H3,(H,23,27). The van der Waals surface area contributed by atoms with Crippen LogP contribution in [-0.4, -0.2) is 34.6 Å². The Morgan fingerprint density at radius 1 is 1.25 bits per heavy atom. The molecule has 1 aromatic carbocycles. The molecule has 0 unspecified atom stereocenters. The van der Waals surface area contributed by atoms with Gasteiger partial charge in [0.05, 0.1) is 17.7 Å². The number of para-hydroxylation sites is 1. The molecule has 1 aliphatic heterocycles. The molecule has 6 heteroatoms.